The molecule has 0 aromatic heterocycles. The van der Waals surface area contributed by atoms with Gasteiger partial charge in [-0.2, -0.15) is 0 Å². The van der Waals surface area contributed by atoms with Gasteiger partial charge in [0.2, 0.25) is 0 Å². The summed E-state index contributed by atoms with van der Waals surface area (Å²) in [4.78, 5) is 86.1. The van der Waals surface area contributed by atoms with Crippen LogP contribution in [0, 0.1) is 0 Å². The summed E-state index contributed by atoms with van der Waals surface area (Å²) < 4.78 is 33.9. The molecule has 1 heterocycles. The molecule has 0 bridgehead atoms. The molecule has 1 fully saturated rings. The van der Waals surface area contributed by atoms with Crippen LogP contribution in [0.1, 0.15) is 350 Å². The molecule has 2 unspecified atom stereocenters. The summed E-state index contributed by atoms with van der Waals surface area (Å²) in [5.41, 5.74) is 0. The normalized spacial score (nSPS) is 14.4. The fraction of sp³-hybridized carbons (Fsp3) is 0.923. The van der Waals surface area contributed by atoms with E-state index in [2.05, 4.69) is 61.1 Å². The average Bonchev–Trinajstić information content (AvgIpc) is 0.939. The maximum atomic E-state index is 13.0. The molecule has 2 atom stereocenters. The molecule has 0 amide bonds. The fourth-order valence-electron chi connectivity index (χ4n) is 12.5. The maximum Gasteiger partial charge on any atom is 0.307 e. The molecule has 0 spiro atoms. The Morgan fingerprint density at radius 1 is 0.255 bits per heavy atom. The molecule has 0 aromatic rings. The Morgan fingerprint density at radius 3 is 0.670 bits per heavy atom. The van der Waals surface area contributed by atoms with E-state index < -0.39 is 0 Å². The molecule has 1 aliphatic heterocycles. The summed E-state index contributed by atoms with van der Waals surface area (Å²) in [6, 6.07) is 0.421. The van der Waals surface area contributed by atoms with E-state index in [1.165, 1.54) is 205 Å². The molecule has 94 heavy (non-hydrogen) atoms. The van der Waals surface area contributed by atoms with Gasteiger partial charge in [-0.05, 0) is 65.5 Å². The van der Waals surface area contributed by atoms with E-state index in [0.29, 0.717) is 91.6 Å². The number of ether oxygens (including phenoxy) is 6. The van der Waals surface area contributed by atoms with E-state index >= 15 is 0 Å². The second-order valence-corrected chi connectivity index (χ2v) is 27.6. The van der Waals surface area contributed by atoms with Crippen LogP contribution in [-0.2, 0) is 57.2 Å². The highest BCUT2D eigenvalue weighted by atomic mass is 16.6. The highest BCUT2D eigenvalue weighted by Gasteiger charge is 2.29. The molecule has 1 rings (SSSR count). The van der Waals surface area contributed by atoms with E-state index in [1.54, 1.807) is 0 Å². The lowest BCUT2D eigenvalue weighted by molar-refractivity contribution is -0.146. The molecule has 0 N–H and O–H groups in total. The van der Waals surface area contributed by atoms with Crippen molar-refractivity contribution in [3.8, 4) is 0 Å². The minimum Gasteiger partial charge on any atom is -0.466 e. The minimum absolute atomic E-state index is 0.210. The average molecular weight is 1330 g/mol. The number of hydrogen-bond donors (Lipinski definition) is 0. The van der Waals surface area contributed by atoms with Crippen molar-refractivity contribution in [3.05, 3.63) is 0 Å². The topological polar surface area (TPSA) is 171 Å². The van der Waals surface area contributed by atoms with Gasteiger partial charge in [-0.25, -0.2) is 0 Å². The van der Waals surface area contributed by atoms with Crippen LogP contribution in [0.3, 0.4) is 0 Å². The molecule has 1 aliphatic rings. The third-order valence-corrected chi connectivity index (χ3v) is 18.8. The van der Waals surface area contributed by atoms with Crippen LogP contribution >= 0.6 is 0 Å². The van der Waals surface area contributed by atoms with Gasteiger partial charge in [-0.15, -0.1) is 0 Å². The zero-order valence-corrected chi connectivity index (χ0v) is 62.1. The Kier molecular flexibility index (Phi) is 63.1. The van der Waals surface area contributed by atoms with Gasteiger partial charge in [0.15, 0.2) is 0 Å². The van der Waals surface area contributed by atoms with Gasteiger partial charge in [0.25, 0.3) is 0 Å². The van der Waals surface area contributed by atoms with Crippen LogP contribution in [-0.4, -0.2) is 173 Å². The summed E-state index contributed by atoms with van der Waals surface area (Å²) >= 11 is 0. The van der Waals surface area contributed by atoms with Gasteiger partial charge < -0.3 is 38.2 Å². The predicted molar refractivity (Wildman–Crippen MR) is 385 cm³/mol. The van der Waals surface area contributed by atoms with Crippen LogP contribution in [0.4, 0.5) is 0 Å². The van der Waals surface area contributed by atoms with Gasteiger partial charge in [0, 0.05) is 77.3 Å². The van der Waals surface area contributed by atoms with Gasteiger partial charge in [-0.3, -0.25) is 38.6 Å². The number of carbonyl (C=O) groups is 6. The van der Waals surface area contributed by atoms with Crippen molar-refractivity contribution in [1.82, 2.24) is 19.6 Å². The second-order valence-electron chi connectivity index (χ2n) is 27.6. The van der Waals surface area contributed by atoms with Gasteiger partial charge in [0.1, 0.15) is 13.2 Å². The Labute approximate surface area is 577 Å². The maximum absolute atomic E-state index is 13.0. The molecule has 0 aromatic carbocycles. The fourth-order valence-corrected chi connectivity index (χ4v) is 12.5. The summed E-state index contributed by atoms with van der Waals surface area (Å²) in [5.74, 6) is -1.44. The number of carbonyl (C=O) groups excluding carboxylic acids is 6. The van der Waals surface area contributed by atoms with Crippen molar-refractivity contribution in [2.75, 3.05) is 105 Å². The summed E-state index contributed by atoms with van der Waals surface area (Å²) in [7, 11) is 0. The van der Waals surface area contributed by atoms with Crippen LogP contribution in [0.5, 0.6) is 0 Å². The minimum atomic E-state index is -0.259. The molecule has 1 saturated heterocycles. The molecular formula is C78H148N4O12. The highest BCUT2D eigenvalue weighted by molar-refractivity contribution is 5.71. The lowest BCUT2D eigenvalue weighted by Gasteiger charge is -2.44. The first-order valence-electron chi connectivity index (χ1n) is 39.8. The number of piperazine rings is 1. The number of esters is 6. The van der Waals surface area contributed by atoms with E-state index in [-0.39, 0.29) is 99.6 Å². The van der Waals surface area contributed by atoms with Crippen LogP contribution < -0.4 is 0 Å². The van der Waals surface area contributed by atoms with Crippen LogP contribution in [0.2, 0.25) is 0 Å². The van der Waals surface area contributed by atoms with Crippen molar-refractivity contribution < 1.29 is 57.2 Å². The Morgan fingerprint density at radius 2 is 0.447 bits per heavy atom. The van der Waals surface area contributed by atoms with E-state index in [0.717, 1.165) is 64.5 Å². The van der Waals surface area contributed by atoms with Crippen LogP contribution in [0.15, 0.2) is 0 Å². The molecule has 552 valence electrons. The molecule has 16 nitrogen and oxygen atoms in total. The smallest absolute Gasteiger partial charge is 0.307 e. The monoisotopic (exact) mass is 1330 g/mol. The lowest BCUT2D eigenvalue weighted by Crippen LogP contribution is -2.57. The Balaban J connectivity index is 2.54. The van der Waals surface area contributed by atoms with Gasteiger partial charge in [-0.1, -0.05) is 259 Å². The third kappa shape index (κ3) is 57.7. The van der Waals surface area contributed by atoms with Gasteiger partial charge >= 0.3 is 35.8 Å². The SMILES string of the molecule is CCCCCCCCCCCCOC(=O)CCN(CCCC(=O)OCCN1CC(C)N(CCOC(=O)CCCN(CCC(=O)OCCCCCCCCCCCC)CCC(=O)OCCCCCCCCCCCC)CC1C)CCC(=O)OCCCCCCCCCCCC. The zero-order valence-electron chi connectivity index (χ0n) is 62.1. The quantitative estimate of drug-likeness (QED) is 0.0320. The summed E-state index contributed by atoms with van der Waals surface area (Å²) in [6.07, 6.45) is 51.3. The standard InChI is InChI=1S/C78H148N4O12/c1-7-11-15-19-23-27-31-35-39-43-63-89-75(85)51-57-79(58-52-76(86)90-64-44-40-36-32-28-24-20-16-12-8-2)55-47-49-73(83)93-67-61-81-69-72(6)82(70-71(81)5)62-68-94-74(84)50-48-56-80(59-53-77(87)91-65-45-41-37-33-29-25-21-17-13-9-3)60-54-78(88)92-66-46-42-38-34-30-26-22-18-14-10-4/h71-72H,7-70H2,1-6H3. The van der Waals surface area contributed by atoms with Crippen molar-refractivity contribution in [1.29, 1.82) is 0 Å². The number of nitrogens with zero attached hydrogens (tertiary/aromatic N) is 4. The van der Waals surface area contributed by atoms with Crippen molar-refractivity contribution >= 4 is 35.8 Å². The van der Waals surface area contributed by atoms with E-state index in [4.69, 9.17) is 28.4 Å². The van der Waals surface area contributed by atoms with Crippen LogP contribution in [0.25, 0.3) is 0 Å². The molecule has 0 radical (unpaired) electrons. The number of unbranched alkanes of at least 4 members (excludes halogenated alkanes) is 36. The van der Waals surface area contributed by atoms with E-state index in [9.17, 15) is 28.8 Å². The Bertz CT molecular complexity index is 1570. The first kappa shape index (κ1) is 88.7. The first-order valence-corrected chi connectivity index (χ1v) is 39.8. The number of rotatable bonds is 70. The molecular weight excluding hydrogens is 1180 g/mol. The molecule has 16 heteroatoms. The van der Waals surface area contributed by atoms with Crippen molar-refractivity contribution in [2.24, 2.45) is 0 Å². The van der Waals surface area contributed by atoms with Crippen molar-refractivity contribution in [3.63, 3.8) is 0 Å². The number of hydrogen-bond acceptors (Lipinski definition) is 16. The largest absolute Gasteiger partial charge is 0.466 e. The predicted octanol–water partition coefficient (Wildman–Crippen LogP) is 18.0. The summed E-state index contributed by atoms with van der Waals surface area (Å²) in [6.45, 7) is 21.4. The second kappa shape index (κ2) is 66.9. The molecule has 0 aliphatic carbocycles. The molecule has 0 saturated carbocycles. The Hall–Kier alpha value is -3.34. The highest BCUT2D eigenvalue weighted by Crippen LogP contribution is 2.18. The van der Waals surface area contributed by atoms with Gasteiger partial charge in [0.05, 0.1) is 52.1 Å². The third-order valence-electron chi connectivity index (χ3n) is 18.8. The zero-order chi connectivity index (χ0) is 68.4. The summed E-state index contributed by atoms with van der Waals surface area (Å²) in [5, 5.41) is 0. The first-order chi connectivity index (χ1) is 45.9. The van der Waals surface area contributed by atoms with Crippen molar-refractivity contribution in [2.45, 2.75) is 362 Å². The van der Waals surface area contributed by atoms with E-state index in [1.807, 2.05) is 0 Å². The lowest BCUT2D eigenvalue weighted by atomic mass is 10.1.